The van der Waals surface area contributed by atoms with Gasteiger partial charge in [0, 0.05) is 41.7 Å². The van der Waals surface area contributed by atoms with Crippen molar-refractivity contribution in [3.8, 4) is 5.75 Å². The fraction of sp³-hybridized carbons (Fsp3) is 0.400. The van der Waals surface area contributed by atoms with E-state index >= 15 is 0 Å². The van der Waals surface area contributed by atoms with Gasteiger partial charge in [-0.2, -0.15) is 0 Å². The average Bonchev–Trinajstić information content (AvgIpc) is 2.91. The number of amides is 3. The second-order valence-electron chi connectivity index (χ2n) is 11.0. The number of ether oxygens (including phenoxy) is 2. The summed E-state index contributed by atoms with van der Waals surface area (Å²) in [4.78, 5) is 43.8. The normalized spacial score (nSPS) is 17.3. The molecule has 1 aliphatic heterocycles. The van der Waals surface area contributed by atoms with Crippen LogP contribution in [0.2, 0.25) is 0 Å². The Morgan fingerprint density at radius 2 is 1.82 bits per heavy atom. The molecule has 1 fully saturated rings. The van der Waals surface area contributed by atoms with Gasteiger partial charge in [0.15, 0.2) is 0 Å². The Morgan fingerprint density at radius 3 is 2.52 bits per heavy atom. The van der Waals surface area contributed by atoms with Gasteiger partial charge in [-0.25, -0.2) is 10.3 Å². The number of benzene rings is 2. The van der Waals surface area contributed by atoms with Gasteiger partial charge in [0.2, 0.25) is 5.91 Å². The number of rotatable bonds is 7. The van der Waals surface area contributed by atoms with Gasteiger partial charge in [-0.05, 0) is 76.4 Å². The zero-order valence-electron chi connectivity index (χ0n) is 23.3. The number of aryl methyl sites for hydroxylation is 1. The molecule has 2 heterocycles. The van der Waals surface area contributed by atoms with E-state index in [-0.39, 0.29) is 24.8 Å². The van der Waals surface area contributed by atoms with Crippen molar-refractivity contribution in [1.82, 2.24) is 20.7 Å². The molecule has 3 aromatic rings. The van der Waals surface area contributed by atoms with Crippen molar-refractivity contribution >= 4 is 28.8 Å². The molecule has 0 unspecified atom stereocenters. The molecule has 10 heteroatoms. The molecular weight excluding hydrogens is 512 g/mol. The maximum Gasteiger partial charge on any atom is 0.410 e. The minimum Gasteiger partial charge on any atom is -0.489 e. The zero-order chi connectivity index (χ0) is 28.9. The lowest BCUT2D eigenvalue weighted by atomic mass is 9.88. The quantitative estimate of drug-likeness (QED) is 0.295. The van der Waals surface area contributed by atoms with Crippen molar-refractivity contribution in [2.45, 2.75) is 58.8 Å². The lowest BCUT2D eigenvalue weighted by Crippen LogP contribution is -2.55. The molecule has 3 N–H and O–H groups in total. The molecule has 0 radical (unpaired) electrons. The molecular formula is C30H36N4O6. The first-order valence-corrected chi connectivity index (χ1v) is 13.3. The van der Waals surface area contributed by atoms with E-state index in [1.807, 2.05) is 37.3 Å². The number of hydrogen-bond donors (Lipinski definition) is 3. The number of nitrogens with zero attached hydrogens (tertiary/aromatic N) is 2. The van der Waals surface area contributed by atoms with Gasteiger partial charge in [-0.1, -0.05) is 18.2 Å². The molecule has 2 atom stereocenters. The molecule has 0 aliphatic carbocycles. The van der Waals surface area contributed by atoms with E-state index in [0.29, 0.717) is 30.9 Å². The molecule has 0 saturated carbocycles. The van der Waals surface area contributed by atoms with Crippen LogP contribution in [-0.2, 0) is 16.1 Å². The van der Waals surface area contributed by atoms with Crippen molar-refractivity contribution in [2.75, 3.05) is 13.1 Å². The van der Waals surface area contributed by atoms with Gasteiger partial charge < -0.3 is 19.7 Å². The van der Waals surface area contributed by atoms with Crippen LogP contribution in [0.15, 0.2) is 54.6 Å². The molecule has 3 amide bonds. The van der Waals surface area contributed by atoms with Gasteiger partial charge in [-0.3, -0.25) is 19.8 Å². The summed E-state index contributed by atoms with van der Waals surface area (Å²) in [5, 5.41) is 13.0. The summed E-state index contributed by atoms with van der Waals surface area (Å²) in [5.41, 5.74) is 4.25. The molecule has 40 heavy (non-hydrogen) atoms. The lowest BCUT2D eigenvalue weighted by Gasteiger charge is -2.39. The van der Waals surface area contributed by atoms with Crippen LogP contribution in [0.3, 0.4) is 0 Å². The number of carbonyl (C=O) groups is 3. The third-order valence-corrected chi connectivity index (χ3v) is 6.74. The van der Waals surface area contributed by atoms with Crippen LogP contribution < -0.4 is 15.5 Å². The molecule has 10 nitrogen and oxygen atoms in total. The standard InChI is InChI=1S/C30H36N4O6/c1-19-15-22(24-7-5-6-8-25(24)31-19)18-39-23-11-9-20(10-12-23)28(36)32-26-17-34(29(37)40-30(2,3)4)14-13-21(26)16-27(35)33-38/h5-12,15,21,26,38H,13-14,16-18H2,1-4H3,(H,32,36)(H,33,35)/t21-,26-/m0/s1. The fourth-order valence-electron chi connectivity index (χ4n) is 4.81. The van der Waals surface area contributed by atoms with E-state index < -0.39 is 23.6 Å². The van der Waals surface area contributed by atoms with Crippen molar-refractivity contribution in [3.05, 3.63) is 71.4 Å². The Labute approximate surface area is 233 Å². The van der Waals surface area contributed by atoms with Crippen LogP contribution in [0.25, 0.3) is 10.9 Å². The summed E-state index contributed by atoms with van der Waals surface area (Å²) in [7, 11) is 0. The summed E-state index contributed by atoms with van der Waals surface area (Å²) in [5.74, 6) is -0.543. The van der Waals surface area contributed by atoms with Crippen LogP contribution in [-0.4, -0.2) is 57.7 Å². The highest BCUT2D eigenvalue weighted by Gasteiger charge is 2.35. The molecule has 0 spiro atoms. The van der Waals surface area contributed by atoms with Crippen LogP contribution >= 0.6 is 0 Å². The molecule has 0 bridgehead atoms. The molecule has 1 aromatic heterocycles. The van der Waals surface area contributed by atoms with Crippen LogP contribution in [0, 0.1) is 12.8 Å². The van der Waals surface area contributed by atoms with E-state index in [2.05, 4.69) is 10.3 Å². The largest absolute Gasteiger partial charge is 0.489 e. The predicted octanol–water partition coefficient (Wildman–Crippen LogP) is 4.37. The smallest absolute Gasteiger partial charge is 0.410 e. The average molecular weight is 549 g/mol. The number of fused-ring (bicyclic) bond motifs is 1. The second kappa shape index (κ2) is 12.3. The van der Waals surface area contributed by atoms with E-state index in [1.165, 1.54) is 4.90 Å². The maximum absolute atomic E-state index is 13.2. The minimum atomic E-state index is -0.656. The van der Waals surface area contributed by atoms with Gasteiger partial charge in [0.1, 0.15) is 18.0 Å². The van der Waals surface area contributed by atoms with Crippen molar-refractivity contribution in [2.24, 2.45) is 5.92 Å². The molecule has 1 saturated heterocycles. The van der Waals surface area contributed by atoms with Crippen molar-refractivity contribution in [1.29, 1.82) is 0 Å². The highest BCUT2D eigenvalue weighted by Crippen LogP contribution is 2.25. The summed E-state index contributed by atoms with van der Waals surface area (Å²) in [6, 6.07) is 16.2. The summed E-state index contributed by atoms with van der Waals surface area (Å²) in [6.45, 7) is 8.23. The SMILES string of the molecule is Cc1cc(COc2ccc(C(=O)N[C@H]3CN(C(=O)OC(C)(C)C)CC[C@H]3CC(=O)NO)cc2)c2ccccc2n1. The monoisotopic (exact) mass is 548 g/mol. The Morgan fingerprint density at radius 1 is 1.10 bits per heavy atom. The van der Waals surface area contributed by atoms with Crippen molar-refractivity contribution < 1.29 is 29.1 Å². The molecule has 212 valence electrons. The number of aromatic nitrogens is 1. The van der Waals surface area contributed by atoms with E-state index in [1.54, 1.807) is 50.5 Å². The van der Waals surface area contributed by atoms with Crippen molar-refractivity contribution in [3.63, 3.8) is 0 Å². The first kappa shape index (κ1) is 28.8. The number of para-hydroxylation sites is 1. The van der Waals surface area contributed by atoms with Crippen LogP contribution in [0.5, 0.6) is 5.75 Å². The minimum absolute atomic E-state index is 0.0134. The Kier molecular flexibility index (Phi) is 8.89. The second-order valence-corrected chi connectivity index (χ2v) is 11.0. The fourth-order valence-corrected chi connectivity index (χ4v) is 4.81. The topological polar surface area (TPSA) is 130 Å². The number of nitrogens with one attached hydrogen (secondary N) is 2. The van der Waals surface area contributed by atoms with E-state index in [9.17, 15) is 14.4 Å². The number of pyridine rings is 1. The van der Waals surface area contributed by atoms with Gasteiger partial charge in [0.25, 0.3) is 5.91 Å². The van der Waals surface area contributed by atoms with Crippen LogP contribution in [0.4, 0.5) is 4.79 Å². The number of carbonyl (C=O) groups excluding carboxylic acids is 3. The highest BCUT2D eigenvalue weighted by molar-refractivity contribution is 5.94. The zero-order valence-corrected chi connectivity index (χ0v) is 23.3. The first-order valence-electron chi connectivity index (χ1n) is 13.3. The highest BCUT2D eigenvalue weighted by atomic mass is 16.6. The number of piperidine rings is 1. The van der Waals surface area contributed by atoms with Crippen LogP contribution in [0.1, 0.15) is 55.2 Å². The Hall–Kier alpha value is -4.18. The number of likely N-dealkylation sites (tertiary alicyclic amines) is 1. The molecule has 1 aliphatic rings. The summed E-state index contributed by atoms with van der Waals surface area (Å²) >= 11 is 0. The molecule has 2 aromatic carbocycles. The lowest BCUT2D eigenvalue weighted by molar-refractivity contribution is -0.130. The molecule has 4 rings (SSSR count). The summed E-state index contributed by atoms with van der Waals surface area (Å²) < 4.78 is 11.5. The third kappa shape index (κ3) is 7.47. The van der Waals surface area contributed by atoms with Gasteiger partial charge in [0.05, 0.1) is 11.6 Å². The number of hydrogen-bond acceptors (Lipinski definition) is 7. The summed E-state index contributed by atoms with van der Waals surface area (Å²) in [6.07, 6.45) is 0.00285. The number of hydroxylamine groups is 1. The van der Waals surface area contributed by atoms with E-state index in [0.717, 1.165) is 22.2 Å². The Bertz CT molecular complexity index is 1370. The Balaban J connectivity index is 1.41. The van der Waals surface area contributed by atoms with E-state index in [4.69, 9.17) is 14.7 Å². The maximum atomic E-state index is 13.2. The van der Waals surface area contributed by atoms with Gasteiger partial charge in [-0.15, -0.1) is 0 Å². The third-order valence-electron chi connectivity index (χ3n) is 6.74. The first-order chi connectivity index (χ1) is 19.0. The predicted molar refractivity (Wildman–Crippen MR) is 149 cm³/mol. The van der Waals surface area contributed by atoms with Gasteiger partial charge >= 0.3 is 6.09 Å².